The molecule has 46 heavy (non-hydrogen) atoms. The van der Waals surface area contributed by atoms with Gasteiger partial charge in [-0.1, -0.05) is 18.2 Å². The van der Waals surface area contributed by atoms with E-state index >= 15 is 0 Å². The lowest BCUT2D eigenvalue weighted by Gasteiger charge is -2.12. The molecule has 11 nitrogen and oxygen atoms in total. The second-order valence-corrected chi connectivity index (χ2v) is 11.1. The minimum absolute atomic E-state index is 0.229. The molecule has 0 fully saturated rings. The Hall–Kier alpha value is -6.01. The highest BCUT2D eigenvalue weighted by Crippen LogP contribution is 2.33. The van der Waals surface area contributed by atoms with Gasteiger partial charge in [0.2, 0.25) is 0 Å². The third kappa shape index (κ3) is 5.88. The zero-order chi connectivity index (χ0) is 31.6. The van der Waals surface area contributed by atoms with E-state index in [9.17, 15) is 9.18 Å². The molecular formula is C34H29FN10O. The summed E-state index contributed by atoms with van der Waals surface area (Å²) in [7, 11) is 3.98. The minimum atomic E-state index is -0.345. The number of aromatic nitrogens is 7. The molecule has 7 rings (SSSR count). The van der Waals surface area contributed by atoms with E-state index in [-0.39, 0.29) is 11.7 Å². The van der Waals surface area contributed by atoms with Gasteiger partial charge in [0.15, 0.2) is 11.5 Å². The number of hydrogen-bond donors (Lipinski definition) is 4. The largest absolute Gasteiger partial charge is 0.384 e. The van der Waals surface area contributed by atoms with Crippen LogP contribution in [-0.2, 0) is 0 Å². The number of H-pyrrole nitrogens is 2. The number of nitrogens with one attached hydrogen (secondary N) is 4. The lowest BCUT2D eigenvalue weighted by atomic mass is 10.0. The van der Waals surface area contributed by atoms with Crippen molar-refractivity contribution < 1.29 is 9.18 Å². The molecular weight excluding hydrogens is 583 g/mol. The molecule has 7 aromatic rings. The summed E-state index contributed by atoms with van der Waals surface area (Å²) in [5.41, 5.74) is 7.01. The Morgan fingerprint density at radius 2 is 1.78 bits per heavy atom. The lowest BCUT2D eigenvalue weighted by molar-refractivity contribution is 0.102. The Morgan fingerprint density at radius 1 is 0.935 bits per heavy atom. The van der Waals surface area contributed by atoms with Crippen molar-refractivity contribution in [2.45, 2.75) is 0 Å². The molecule has 0 aliphatic heterocycles. The number of hydrogen-bond acceptors (Lipinski definition) is 8. The van der Waals surface area contributed by atoms with Crippen molar-refractivity contribution in [2.75, 3.05) is 37.8 Å². The van der Waals surface area contributed by atoms with Gasteiger partial charge in [-0.25, -0.2) is 14.4 Å². The quantitative estimate of drug-likeness (QED) is 0.156. The summed E-state index contributed by atoms with van der Waals surface area (Å²) in [5, 5.41) is 14.5. The van der Waals surface area contributed by atoms with Crippen LogP contribution < -0.4 is 10.6 Å². The number of halogens is 1. The molecule has 2 aromatic carbocycles. The molecule has 228 valence electrons. The second-order valence-electron chi connectivity index (χ2n) is 11.1. The van der Waals surface area contributed by atoms with Gasteiger partial charge in [0.05, 0.1) is 29.3 Å². The van der Waals surface area contributed by atoms with Crippen molar-refractivity contribution in [3.8, 4) is 33.9 Å². The van der Waals surface area contributed by atoms with Gasteiger partial charge in [-0.2, -0.15) is 5.10 Å². The Bertz CT molecular complexity index is 2190. The van der Waals surface area contributed by atoms with Crippen molar-refractivity contribution in [1.82, 2.24) is 40.0 Å². The van der Waals surface area contributed by atoms with Crippen LogP contribution in [0.4, 0.5) is 15.8 Å². The Labute approximate surface area is 263 Å². The minimum Gasteiger partial charge on any atom is -0.384 e. The first-order chi connectivity index (χ1) is 22.4. The summed E-state index contributed by atoms with van der Waals surface area (Å²) in [6, 6.07) is 19.4. The maximum atomic E-state index is 14.7. The van der Waals surface area contributed by atoms with Crippen LogP contribution in [0.1, 0.15) is 10.4 Å². The van der Waals surface area contributed by atoms with E-state index in [2.05, 4.69) is 45.7 Å². The van der Waals surface area contributed by atoms with Crippen molar-refractivity contribution in [2.24, 2.45) is 0 Å². The molecule has 0 unspecified atom stereocenters. The van der Waals surface area contributed by atoms with Crippen LogP contribution in [0.3, 0.4) is 0 Å². The number of carbonyl (C=O) groups excluding carboxylic acids is 1. The maximum Gasteiger partial charge on any atom is 0.255 e. The summed E-state index contributed by atoms with van der Waals surface area (Å²) < 4.78 is 14.7. The molecule has 0 aliphatic carbocycles. The predicted octanol–water partition coefficient (Wildman–Crippen LogP) is 5.99. The zero-order valence-corrected chi connectivity index (χ0v) is 25.0. The molecule has 1 amide bonds. The average molecular weight is 613 g/mol. The van der Waals surface area contributed by atoms with Gasteiger partial charge in [0.1, 0.15) is 17.0 Å². The highest BCUT2D eigenvalue weighted by atomic mass is 19.1. The SMILES string of the molecule is CN(C)CCNc1cc(F)cc(-c2ccnc3[nH]c(-c4n[nH]c5cnc(-c6cncc(NC(=O)c7ccccc7)c6)cc45)nc23)c1. The summed E-state index contributed by atoms with van der Waals surface area (Å²) >= 11 is 0. The fourth-order valence-corrected chi connectivity index (χ4v) is 5.22. The summed E-state index contributed by atoms with van der Waals surface area (Å²) in [6.07, 6.45) is 6.64. The number of imidazole rings is 1. The first-order valence-corrected chi connectivity index (χ1v) is 14.6. The second kappa shape index (κ2) is 12.2. The highest BCUT2D eigenvalue weighted by Gasteiger charge is 2.18. The molecule has 0 atom stereocenters. The van der Waals surface area contributed by atoms with E-state index in [0.29, 0.717) is 62.9 Å². The third-order valence-electron chi connectivity index (χ3n) is 7.48. The maximum absolute atomic E-state index is 14.7. The number of aromatic amines is 2. The molecule has 0 bridgehead atoms. The van der Waals surface area contributed by atoms with E-state index < -0.39 is 0 Å². The number of rotatable bonds is 9. The predicted molar refractivity (Wildman–Crippen MR) is 177 cm³/mol. The van der Waals surface area contributed by atoms with Crippen LogP contribution in [0, 0.1) is 5.82 Å². The monoisotopic (exact) mass is 612 g/mol. The van der Waals surface area contributed by atoms with Crippen LogP contribution in [0.25, 0.3) is 56.0 Å². The number of likely N-dealkylation sites (N-methyl/N-ethyl adjacent to an activating group) is 1. The first-order valence-electron chi connectivity index (χ1n) is 14.6. The number of nitrogens with zero attached hydrogens (tertiary/aromatic N) is 6. The normalized spacial score (nSPS) is 11.4. The number of carbonyl (C=O) groups is 1. The molecule has 0 aliphatic rings. The molecule has 0 radical (unpaired) electrons. The molecule has 0 saturated heterocycles. The number of pyridine rings is 3. The Kier molecular flexibility index (Phi) is 7.61. The van der Waals surface area contributed by atoms with Crippen molar-refractivity contribution in [1.29, 1.82) is 0 Å². The highest BCUT2D eigenvalue weighted by molar-refractivity contribution is 6.04. The summed E-state index contributed by atoms with van der Waals surface area (Å²) in [5.74, 6) is -0.0730. The van der Waals surface area contributed by atoms with Gasteiger partial charge in [-0.15, -0.1) is 0 Å². The molecule has 4 N–H and O–H groups in total. The molecule has 12 heteroatoms. The topological polar surface area (TPSA) is 140 Å². The van der Waals surface area contributed by atoms with Gasteiger partial charge in [0.25, 0.3) is 5.91 Å². The fraction of sp³-hybridized carbons (Fsp3) is 0.118. The van der Waals surface area contributed by atoms with E-state index in [0.717, 1.165) is 23.1 Å². The van der Waals surface area contributed by atoms with Crippen molar-refractivity contribution in [3.63, 3.8) is 0 Å². The molecule has 0 spiro atoms. The molecule has 5 heterocycles. The fourth-order valence-electron chi connectivity index (χ4n) is 5.22. The van der Waals surface area contributed by atoms with Crippen LogP contribution in [-0.4, -0.2) is 73.1 Å². The summed E-state index contributed by atoms with van der Waals surface area (Å²) in [6.45, 7) is 1.50. The Morgan fingerprint density at radius 3 is 2.63 bits per heavy atom. The van der Waals surface area contributed by atoms with E-state index in [1.165, 1.54) is 12.1 Å². The average Bonchev–Trinajstić information content (AvgIpc) is 3.69. The van der Waals surface area contributed by atoms with Crippen molar-refractivity contribution in [3.05, 3.63) is 103 Å². The molecule has 5 aromatic heterocycles. The van der Waals surface area contributed by atoms with Crippen molar-refractivity contribution >= 4 is 39.3 Å². The van der Waals surface area contributed by atoms with Gasteiger partial charge in [-0.05, 0) is 68.2 Å². The number of benzene rings is 2. The number of fused-ring (bicyclic) bond motifs is 2. The Balaban J connectivity index is 1.21. The number of amides is 1. The zero-order valence-electron chi connectivity index (χ0n) is 25.0. The van der Waals surface area contributed by atoms with E-state index in [1.54, 1.807) is 36.9 Å². The van der Waals surface area contributed by atoms with Gasteiger partial charge < -0.3 is 20.5 Å². The third-order valence-corrected chi connectivity index (χ3v) is 7.48. The smallest absolute Gasteiger partial charge is 0.255 e. The lowest BCUT2D eigenvalue weighted by Crippen LogP contribution is -2.20. The van der Waals surface area contributed by atoms with Crippen LogP contribution >= 0.6 is 0 Å². The van der Waals surface area contributed by atoms with Crippen LogP contribution in [0.5, 0.6) is 0 Å². The standard InChI is InChI=1S/C34H29FN10O/c1-45(2)11-10-37-24-13-21(12-23(35)15-24)26-8-9-38-32-30(26)41-33(42-32)31-27-16-28(39-19-29(27)43-44-31)22-14-25(18-36-17-22)40-34(46)20-6-4-3-5-7-20/h3-9,12-19,37H,10-11H2,1-2H3,(H,40,46)(H,43,44)(H,38,41,42). The van der Waals surface area contributed by atoms with Crippen LogP contribution in [0.15, 0.2) is 91.5 Å². The molecule has 0 saturated carbocycles. The van der Waals surface area contributed by atoms with Gasteiger partial charge in [-0.3, -0.25) is 19.9 Å². The first kappa shape index (κ1) is 28.7. The van der Waals surface area contributed by atoms with Gasteiger partial charge in [0, 0.05) is 53.2 Å². The van der Waals surface area contributed by atoms with Gasteiger partial charge >= 0.3 is 0 Å². The van der Waals surface area contributed by atoms with Crippen LogP contribution in [0.2, 0.25) is 0 Å². The van der Waals surface area contributed by atoms with E-state index in [4.69, 9.17) is 4.98 Å². The summed E-state index contributed by atoms with van der Waals surface area (Å²) in [4.78, 5) is 36.3. The van der Waals surface area contributed by atoms with E-state index in [1.807, 2.05) is 56.6 Å². The number of anilines is 2.